The lowest BCUT2D eigenvalue weighted by Crippen LogP contribution is -2.19. The first-order valence-electron chi connectivity index (χ1n) is 6.76. The van der Waals surface area contributed by atoms with E-state index < -0.39 is 0 Å². The molecule has 0 fully saturated rings. The second-order valence-electron chi connectivity index (χ2n) is 4.83. The lowest BCUT2D eigenvalue weighted by atomic mass is 10.1. The van der Waals surface area contributed by atoms with Crippen molar-refractivity contribution >= 4 is 11.6 Å². The highest BCUT2D eigenvalue weighted by molar-refractivity contribution is 6.31. The van der Waals surface area contributed by atoms with Gasteiger partial charge < -0.3 is 10.1 Å². The van der Waals surface area contributed by atoms with Crippen LogP contribution in [0.4, 0.5) is 0 Å². The van der Waals surface area contributed by atoms with Gasteiger partial charge in [-0.3, -0.25) is 0 Å². The van der Waals surface area contributed by atoms with Gasteiger partial charge in [-0.2, -0.15) is 0 Å². The number of nitrogens with one attached hydrogen (secondary N) is 1. The SMILES string of the molecule is COCc1ccccc1CN[C@H](C)c1ccccc1Cl. The van der Waals surface area contributed by atoms with Crippen LogP contribution in [-0.2, 0) is 17.9 Å². The van der Waals surface area contributed by atoms with Gasteiger partial charge in [-0.15, -0.1) is 0 Å². The normalized spacial score (nSPS) is 12.3. The Kier molecular flexibility index (Phi) is 5.60. The molecule has 1 N–H and O–H groups in total. The number of benzene rings is 2. The van der Waals surface area contributed by atoms with E-state index in [9.17, 15) is 0 Å². The molecule has 2 aromatic carbocycles. The van der Waals surface area contributed by atoms with Crippen LogP contribution in [0.5, 0.6) is 0 Å². The number of methoxy groups -OCH3 is 1. The number of ether oxygens (including phenoxy) is 1. The van der Waals surface area contributed by atoms with Crippen molar-refractivity contribution in [2.75, 3.05) is 7.11 Å². The van der Waals surface area contributed by atoms with Gasteiger partial charge in [-0.25, -0.2) is 0 Å². The van der Waals surface area contributed by atoms with Crippen molar-refractivity contribution in [2.45, 2.75) is 26.1 Å². The summed E-state index contributed by atoms with van der Waals surface area (Å²) >= 11 is 6.22. The van der Waals surface area contributed by atoms with Crippen LogP contribution in [0.2, 0.25) is 5.02 Å². The Morgan fingerprint density at radius 3 is 2.40 bits per heavy atom. The maximum Gasteiger partial charge on any atom is 0.0716 e. The monoisotopic (exact) mass is 289 g/mol. The molecule has 0 aliphatic heterocycles. The van der Waals surface area contributed by atoms with E-state index in [1.807, 2.05) is 24.3 Å². The van der Waals surface area contributed by atoms with Crippen molar-refractivity contribution in [3.8, 4) is 0 Å². The number of hydrogen-bond acceptors (Lipinski definition) is 2. The van der Waals surface area contributed by atoms with Gasteiger partial charge in [-0.1, -0.05) is 54.1 Å². The molecule has 2 nitrogen and oxygen atoms in total. The summed E-state index contributed by atoms with van der Waals surface area (Å²) in [5.74, 6) is 0. The highest BCUT2D eigenvalue weighted by Crippen LogP contribution is 2.22. The molecule has 1 atom stereocenters. The minimum absolute atomic E-state index is 0.208. The first-order chi connectivity index (χ1) is 9.72. The van der Waals surface area contributed by atoms with Gasteiger partial charge >= 0.3 is 0 Å². The average molecular weight is 290 g/mol. The van der Waals surface area contributed by atoms with Crippen LogP contribution in [0.15, 0.2) is 48.5 Å². The molecule has 0 amide bonds. The Labute approximate surface area is 125 Å². The third kappa shape index (κ3) is 3.83. The summed E-state index contributed by atoms with van der Waals surface area (Å²) in [7, 11) is 1.72. The fourth-order valence-corrected chi connectivity index (χ4v) is 2.52. The van der Waals surface area contributed by atoms with Crippen molar-refractivity contribution in [3.05, 3.63) is 70.2 Å². The Balaban J connectivity index is 2.04. The van der Waals surface area contributed by atoms with E-state index in [2.05, 4.69) is 36.5 Å². The van der Waals surface area contributed by atoms with E-state index >= 15 is 0 Å². The van der Waals surface area contributed by atoms with Crippen molar-refractivity contribution in [3.63, 3.8) is 0 Å². The average Bonchev–Trinajstić information content (AvgIpc) is 2.47. The molecule has 2 aromatic rings. The summed E-state index contributed by atoms with van der Waals surface area (Å²) in [5, 5.41) is 4.32. The van der Waals surface area contributed by atoms with Crippen LogP contribution in [-0.4, -0.2) is 7.11 Å². The zero-order valence-electron chi connectivity index (χ0n) is 11.9. The molecule has 0 aliphatic carbocycles. The summed E-state index contributed by atoms with van der Waals surface area (Å²) in [6.45, 7) is 3.56. The van der Waals surface area contributed by atoms with Crippen molar-refractivity contribution < 1.29 is 4.74 Å². The predicted molar refractivity (Wildman–Crippen MR) is 83.9 cm³/mol. The van der Waals surface area contributed by atoms with Crippen LogP contribution >= 0.6 is 11.6 Å². The van der Waals surface area contributed by atoms with Crippen LogP contribution < -0.4 is 5.32 Å². The van der Waals surface area contributed by atoms with Crippen LogP contribution in [0.3, 0.4) is 0 Å². The summed E-state index contributed by atoms with van der Waals surface area (Å²) in [5.41, 5.74) is 3.60. The summed E-state index contributed by atoms with van der Waals surface area (Å²) in [6, 6.07) is 16.5. The molecular formula is C17H20ClNO. The molecule has 0 radical (unpaired) electrons. The molecule has 0 saturated heterocycles. The Hall–Kier alpha value is -1.35. The van der Waals surface area contributed by atoms with Crippen LogP contribution in [0.1, 0.15) is 29.7 Å². The molecular weight excluding hydrogens is 270 g/mol. The van der Waals surface area contributed by atoms with E-state index in [1.165, 1.54) is 11.1 Å². The zero-order valence-corrected chi connectivity index (χ0v) is 12.7. The second-order valence-corrected chi connectivity index (χ2v) is 5.23. The van der Waals surface area contributed by atoms with Crippen molar-refractivity contribution in [1.29, 1.82) is 0 Å². The number of hydrogen-bond donors (Lipinski definition) is 1. The van der Waals surface area contributed by atoms with Gasteiger partial charge in [0.2, 0.25) is 0 Å². The van der Waals surface area contributed by atoms with Gasteiger partial charge in [0.1, 0.15) is 0 Å². The fraction of sp³-hybridized carbons (Fsp3) is 0.294. The predicted octanol–water partition coefficient (Wildman–Crippen LogP) is 4.34. The van der Waals surface area contributed by atoms with E-state index in [-0.39, 0.29) is 6.04 Å². The molecule has 0 aliphatic rings. The van der Waals surface area contributed by atoms with Gasteiger partial charge in [0.25, 0.3) is 0 Å². The first kappa shape index (κ1) is 15.0. The molecule has 0 unspecified atom stereocenters. The molecule has 0 aromatic heterocycles. The molecule has 0 spiro atoms. The third-order valence-corrected chi connectivity index (χ3v) is 3.73. The van der Waals surface area contributed by atoms with Gasteiger partial charge in [0.05, 0.1) is 6.61 Å². The molecule has 106 valence electrons. The third-order valence-electron chi connectivity index (χ3n) is 3.39. The van der Waals surface area contributed by atoms with Crippen LogP contribution in [0, 0.1) is 0 Å². The Morgan fingerprint density at radius 1 is 1.05 bits per heavy atom. The first-order valence-corrected chi connectivity index (χ1v) is 7.13. The minimum Gasteiger partial charge on any atom is -0.380 e. The molecule has 2 rings (SSSR count). The molecule has 0 saturated carbocycles. The topological polar surface area (TPSA) is 21.3 Å². The summed E-state index contributed by atoms with van der Waals surface area (Å²) < 4.78 is 5.23. The highest BCUT2D eigenvalue weighted by atomic mass is 35.5. The summed E-state index contributed by atoms with van der Waals surface area (Å²) in [4.78, 5) is 0. The van der Waals surface area contributed by atoms with E-state index in [0.29, 0.717) is 6.61 Å². The minimum atomic E-state index is 0.208. The smallest absolute Gasteiger partial charge is 0.0716 e. The zero-order chi connectivity index (χ0) is 14.4. The Bertz CT molecular complexity index is 556. The maximum atomic E-state index is 6.22. The Morgan fingerprint density at radius 2 is 1.70 bits per heavy atom. The highest BCUT2D eigenvalue weighted by Gasteiger charge is 2.09. The number of halogens is 1. The largest absolute Gasteiger partial charge is 0.380 e. The van der Waals surface area contributed by atoms with Gasteiger partial charge in [0, 0.05) is 24.7 Å². The summed E-state index contributed by atoms with van der Waals surface area (Å²) in [6.07, 6.45) is 0. The lowest BCUT2D eigenvalue weighted by Gasteiger charge is -2.17. The molecule has 0 heterocycles. The number of rotatable bonds is 6. The lowest BCUT2D eigenvalue weighted by molar-refractivity contribution is 0.184. The molecule has 0 bridgehead atoms. The standard InChI is InChI=1S/C17H20ClNO/c1-13(16-9-5-6-10-17(16)18)19-11-14-7-3-4-8-15(14)12-20-2/h3-10,13,19H,11-12H2,1-2H3/t13-/m1/s1. The quantitative estimate of drug-likeness (QED) is 0.854. The van der Waals surface area contributed by atoms with Crippen molar-refractivity contribution in [2.24, 2.45) is 0 Å². The molecule has 3 heteroatoms. The van der Waals surface area contributed by atoms with E-state index in [1.54, 1.807) is 7.11 Å². The van der Waals surface area contributed by atoms with Crippen LogP contribution in [0.25, 0.3) is 0 Å². The second kappa shape index (κ2) is 7.44. The van der Waals surface area contributed by atoms with Gasteiger partial charge in [-0.05, 0) is 29.7 Å². The molecule has 20 heavy (non-hydrogen) atoms. The van der Waals surface area contributed by atoms with Gasteiger partial charge in [0.15, 0.2) is 0 Å². The van der Waals surface area contributed by atoms with E-state index in [4.69, 9.17) is 16.3 Å². The fourth-order valence-electron chi connectivity index (χ4n) is 2.23. The maximum absolute atomic E-state index is 6.22. The van der Waals surface area contributed by atoms with E-state index in [0.717, 1.165) is 17.1 Å². The van der Waals surface area contributed by atoms with Crippen molar-refractivity contribution in [1.82, 2.24) is 5.32 Å².